The van der Waals surface area contributed by atoms with Crippen molar-refractivity contribution in [3.05, 3.63) is 191 Å². The van der Waals surface area contributed by atoms with E-state index in [1.807, 2.05) is 49.4 Å². The molecule has 4 aromatic heterocycles. The molecule has 1 aliphatic rings. The molecule has 0 bridgehead atoms. The van der Waals surface area contributed by atoms with Gasteiger partial charge in [-0.3, -0.25) is 29.1 Å². The van der Waals surface area contributed by atoms with Crippen LogP contribution in [0.5, 0.6) is 0 Å². The number of nitrogens with zero attached hydrogens (tertiary/aromatic N) is 7. The summed E-state index contributed by atoms with van der Waals surface area (Å²) in [5.41, 5.74) is 7.05. The largest absolute Gasteiger partial charge is 0.418 e. The molecule has 0 saturated heterocycles. The van der Waals surface area contributed by atoms with E-state index in [-0.39, 0.29) is 29.0 Å². The van der Waals surface area contributed by atoms with Crippen LogP contribution in [0.1, 0.15) is 54.2 Å². The van der Waals surface area contributed by atoms with Crippen molar-refractivity contribution in [3.63, 3.8) is 0 Å². The smallest absolute Gasteiger partial charge is 0.334 e. The van der Waals surface area contributed by atoms with Gasteiger partial charge in [0, 0.05) is 95.2 Å². The molecule has 0 aliphatic carbocycles. The van der Waals surface area contributed by atoms with Crippen LogP contribution in [0.4, 0.5) is 53.5 Å². The number of benzene rings is 4. The van der Waals surface area contributed by atoms with Crippen LogP contribution in [-0.2, 0) is 28.7 Å². The maximum atomic E-state index is 13.9. The number of alkyl halides is 4. The predicted molar refractivity (Wildman–Crippen MR) is 281 cm³/mol. The van der Waals surface area contributed by atoms with Gasteiger partial charge in [0.2, 0.25) is 23.7 Å². The number of aromatic nitrogens is 6. The Morgan fingerprint density at radius 3 is 1.92 bits per heavy atom. The van der Waals surface area contributed by atoms with Crippen LogP contribution in [0.3, 0.4) is 0 Å². The molecule has 16 nitrogen and oxygen atoms in total. The van der Waals surface area contributed by atoms with Crippen molar-refractivity contribution in [1.82, 2.24) is 34.8 Å². The van der Waals surface area contributed by atoms with Crippen LogP contribution in [-0.4, -0.2) is 70.9 Å². The molecule has 4 amide bonds. The van der Waals surface area contributed by atoms with E-state index in [0.717, 1.165) is 34.4 Å². The van der Waals surface area contributed by atoms with Crippen LogP contribution in [0.25, 0.3) is 28.6 Å². The van der Waals surface area contributed by atoms with Gasteiger partial charge in [-0.05, 0) is 140 Å². The highest BCUT2D eigenvalue weighted by atomic mass is 35.5. The Kier molecular flexibility index (Phi) is 15.0. The van der Waals surface area contributed by atoms with Gasteiger partial charge in [0.15, 0.2) is 0 Å². The standard InChI is InChI=1S/C55H44ClF3N12O4/c1-32-7-9-35(24-46(32)68-53-62-21-17-44(67-53)37-5-3-19-60-29-37)51(74)63-40-12-11-39-31-71(22-18-34(39)23-40)50(73)16-14-42-27-48(38-6-4-20-61-30-38)70-54(65-42)69-47-25-36(10-8-33(47)2)52(75)64-41-13-15-45(66-49(72)28-56)43(26-41)55(57,58)59/h3-17,19-21,23-27,29-30H,18,22,28,31H2,1-2H3,(H,63,74)(H,64,75)(H,66,72)(H,62,67,68)(H,65,69,70)/b16-14+. The molecule has 20 heteroatoms. The van der Waals surface area contributed by atoms with E-state index >= 15 is 0 Å². The average Bonchev–Trinajstić information content (AvgIpc) is 3.41. The number of aryl methyl sites for hydroxylation is 2. The normalized spacial score (nSPS) is 12.2. The molecular weight excluding hydrogens is 985 g/mol. The quantitative estimate of drug-likeness (QED) is 0.0509. The molecule has 0 spiro atoms. The lowest BCUT2D eigenvalue weighted by molar-refractivity contribution is -0.137. The van der Waals surface area contributed by atoms with Gasteiger partial charge in [0.25, 0.3) is 11.8 Å². The average molecular weight is 1030 g/mol. The van der Waals surface area contributed by atoms with Crippen molar-refractivity contribution < 1.29 is 32.3 Å². The lowest BCUT2D eigenvalue weighted by atomic mass is 9.98. The molecule has 0 fully saturated rings. The van der Waals surface area contributed by atoms with E-state index < -0.39 is 35.1 Å². The number of hydrogen-bond donors (Lipinski definition) is 5. The number of carbonyl (C=O) groups excluding carboxylic acids is 4. The highest BCUT2D eigenvalue weighted by Crippen LogP contribution is 2.37. The maximum Gasteiger partial charge on any atom is 0.418 e. The second-order valence-corrected chi connectivity index (χ2v) is 17.5. The number of halogens is 4. The molecule has 8 aromatic rings. The topological polar surface area (TPSA) is 209 Å². The molecule has 5 N–H and O–H groups in total. The number of carbonyl (C=O) groups is 4. The SMILES string of the molecule is Cc1ccc(C(=O)Nc2ccc3c(c2)CCN(C(=O)/C=C/c2cc(-c4cccnc4)nc(Nc4cc(C(=O)Nc5ccc(NC(=O)CCl)c(C(F)(F)F)c5)ccc4C)n2)C3)cc1Nc1nccc(-c2cccnc2)n1. The van der Waals surface area contributed by atoms with Crippen LogP contribution in [0.15, 0.2) is 146 Å². The van der Waals surface area contributed by atoms with Gasteiger partial charge >= 0.3 is 6.18 Å². The third-order valence-corrected chi connectivity index (χ3v) is 12.2. The first-order valence-corrected chi connectivity index (χ1v) is 23.8. The molecule has 9 rings (SSSR count). The minimum atomic E-state index is -4.85. The van der Waals surface area contributed by atoms with E-state index in [4.69, 9.17) is 16.6 Å². The van der Waals surface area contributed by atoms with Crippen molar-refractivity contribution in [2.24, 2.45) is 0 Å². The zero-order valence-electron chi connectivity index (χ0n) is 40.0. The summed E-state index contributed by atoms with van der Waals surface area (Å²) in [4.78, 5) is 80.9. The zero-order valence-corrected chi connectivity index (χ0v) is 40.8. The molecule has 0 radical (unpaired) electrons. The minimum absolute atomic E-state index is 0.107. The first-order chi connectivity index (χ1) is 36.1. The summed E-state index contributed by atoms with van der Waals surface area (Å²) in [7, 11) is 0. The Bertz CT molecular complexity index is 3510. The summed E-state index contributed by atoms with van der Waals surface area (Å²) >= 11 is 5.48. The minimum Gasteiger partial charge on any atom is -0.334 e. The number of pyridine rings is 2. The Morgan fingerprint density at radius 2 is 1.28 bits per heavy atom. The van der Waals surface area contributed by atoms with E-state index in [0.29, 0.717) is 76.3 Å². The Hall–Kier alpha value is -9.36. The molecule has 4 aromatic carbocycles. The summed E-state index contributed by atoms with van der Waals surface area (Å²) < 4.78 is 41.8. The van der Waals surface area contributed by atoms with E-state index in [1.165, 1.54) is 24.3 Å². The summed E-state index contributed by atoms with van der Waals surface area (Å²) in [6.07, 6.45) is 7.05. The van der Waals surface area contributed by atoms with E-state index in [2.05, 4.69) is 51.5 Å². The van der Waals surface area contributed by atoms with E-state index in [1.54, 1.807) is 85.3 Å². The fourth-order valence-electron chi connectivity index (χ4n) is 8.04. The molecule has 0 saturated carbocycles. The number of amides is 4. The van der Waals surface area contributed by atoms with Gasteiger partial charge in [-0.2, -0.15) is 13.2 Å². The summed E-state index contributed by atoms with van der Waals surface area (Å²) in [6, 6.07) is 29.5. The first kappa shape index (κ1) is 50.6. The molecule has 0 unspecified atom stereocenters. The monoisotopic (exact) mass is 1030 g/mol. The van der Waals surface area contributed by atoms with Crippen molar-refractivity contribution in [3.8, 4) is 22.5 Å². The zero-order chi connectivity index (χ0) is 52.6. The predicted octanol–water partition coefficient (Wildman–Crippen LogP) is 10.8. The maximum absolute atomic E-state index is 13.9. The lowest BCUT2D eigenvalue weighted by Crippen LogP contribution is -2.34. The Balaban J connectivity index is 0.861. The summed E-state index contributed by atoms with van der Waals surface area (Å²) in [5.74, 6) is -2.12. The van der Waals surface area contributed by atoms with Gasteiger partial charge in [-0.25, -0.2) is 19.9 Å². The fraction of sp³-hybridized carbons (Fsp3) is 0.127. The van der Waals surface area contributed by atoms with Crippen molar-refractivity contribution in [2.75, 3.05) is 39.0 Å². The van der Waals surface area contributed by atoms with Crippen LogP contribution < -0.4 is 26.6 Å². The van der Waals surface area contributed by atoms with Crippen molar-refractivity contribution >= 4 is 81.6 Å². The highest BCUT2D eigenvalue weighted by molar-refractivity contribution is 6.29. The second-order valence-electron chi connectivity index (χ2n) is 17.2. The van der Waals surface area contributed by atoms with Gasteiger partial charge in [0.05, 0.1) is 28.3 Å². The molecule has 1 aliphatic heterocycles. The molecule has 0 atom stereocenters. The molecule has 75 heavy (non-hydrogen) atoms. The Morgan fingerprint density at radius 1 is 0.653 bits per heavy atom. The van der Waals surface area contributed by atoms with E-state index in [9.17, 15) is 32.3 Å². The van der Waals surface area contributed by atoms with Gasteiger partial charge in [-0.1, -0.05) is 18.2 Å². The molecule has 5 heterocycles. The van der Waals surface area contributed by atoms with Crippen LogP contribution >= 0.6 is 11.6 Å². The van der Waals surface area contributed by atoms with Gasteiger partial charge < -0.3 is 31.5 Å². The molecule has 376 valence electrons. The van der Waals surface area contributed by atoms with Gasteiger partial charge in [0.1, 0.15) is 5.88 Å². The first-order valence-electron chi connectivity index (χ1n) is 23.2. The number of fused-ring (bicyclic) bond motifs is 1. The number of nitrogens with one attached hydrogen (secondary N) is 5. The summed E-state index contributed by atoms with van der Waals surface area (Å²) in [5, 5.41) is 14.0. The number of hydrogen-bond acceptors (Lipinski definition) is 12. The van der Waals surface area contributed by atoms with Crippen molar-refractivity contribution in [2.45, 2.75) is 33.0 Å². The second kappa shape index (κ2) is 22.2. The lowest BCUT2D eigenvalue weighted by Gasteiger charge is -2.28. The highest BCUT2D eigenvalue weighted by Gasteiger charge is 2.34. The third-order valence-electron chi connectivity index (χ3n) is 12.0. The van der Waals surface area contributed by atoms with Gasteiger partial charge in [-0.15, -0.1) is 11.6 Å². The third kappa shape index (κ3) is 12.5. The Labute approximate surface area is 432 Å². The van der Waals surface area contributed by atoms with Crippen molar-refractivity contribution in [1.29, 1.82) is 0 Å². The number of rotatable bonds is 14. The molecular formula is C55H44ClF3N12O4. The van der Waals surface area contributed by atoms with Crippen LogP contribution in [0, 0.1) is 13.8 Å². The summed E-state index contributed by atoms with van der Waals surface area (Å²) in [6.45, 7) is 4.47. The number of anilines is 7. The fourth-order valence-corrected chi connectivity index (χ4v) is 8.10. The van der Waals surface area contributed by atoms with Crippen LogP contribution in [0.2, 0.25) is 0 Å².